The fourth-order valence-corrected chi connectivity index (χ4v) is 3.63. The van der Waals surface area contributed by atoms with Crippen LogP contribution in [0.25, 0.3) is 11.2 Å². The molecule has 1 unspecified atom stereocenters. The third kappa shape index (κ3) is 3.30. The van der Waals surface area contributed by atoms with Gasteiger partial charge in [0.1, 0.15) is 18.3 Å². The molecular weight excluding hydrogens is 384 g/mol. The van der Waals surface area contributed by atoms with Gasteiger partial charge in [-0.3, -0.25) is 18.5 Å². The Bertz CT molecular complexity index is 1050. The lowest BCUT2D eigenvalue weighted by atomic mass is 10.1. The number of hydrogen-bond donors (Lipinski definition) is 3. The zero-order chi connectivity index (χ0) is 19.6. The van der Waals surface area contributed by atoms with Crippen molar-refractivity contribution in [3.63, 3.8) is 0 Å². The first-order valence-electron chi connectivity index (χ1n) is 7.95. The minimum atomic E-state index is -4.16. The van der Waals surface area contributed by atoms with Crippen LogP contribution in [-0.2, 0) is 28.7 Å². The topological polar surface area (TPSA) is 187 Å². The van der Waals surface area contributed by atoms with Gasteiger partial charge in [0.05, 0.1) is 12.9 Å². The number of aromatic nitrogens is 4. The van der Waals surface area contributed by atoms with E-state index in [1.165, 1.54) is 10.9 Å². The van der Waals surface area contributed by atoms with Gasteiger partial charge in [0.15, 0.2) is 23.2 Å². The molecule has 0 aromatic carbocycles. The van der Waals surface area contributed by atoms with Crippen LogP contribution in [0, 0.1) is 0 Å². The van der Waals surface area contributed by atoms with Crippen LogP contribution in [0.15, 0.2) is 11.1 Å². The van der Waals surface area contributed by atoms with Gasteiger partial charge in [-0.05, 0) is 13.8 Å². The highest BCUT2D eigenvalue weighted by Gasteiger charge is 2.56. The van der Waals surface area contributed by atoms with Gasteiger partial charge >= 0.3 is 10.3 Å². The van der Waals surface area contributed by atoms with Crippen LogP contribution in [0.4, 0.5) is 5.95 Å². The summed E-state index contributed by atoms with van der Waals surface area (Å²) in [6, 6.07) is 0. The largest absolute Gasteiger partial charge is 0.369 e. The van der Waals surface area contributed by atoms with Crippen molar-refractivity contribution in [1.82, 2.24) is 19.5 Å². The van der Waals surface area contributed by atoms with Gasteiger partial charge in [0, 0.05) is 0 Å². The van der Waals surface area contributed by atoms with E-state index in [0.717, 1.165) is 0 Å². The molecule has 148 valence electrons. The predicted octanol–water partition coefficient (Wildman–Crippen LogP) is -1.66. The number of rotatable bonds is 4. The van der Waals surface area contributed by atoms with Crippen LogP contribution in [0.2, 0.25) is 0 Å². The van der Waals surface area contributed by atoms with Crippen molar-refractivity contribution in [2.75, 3.05) is 12.3 Å². The monoisotopic (exact) mass is 402 g/mol. The van der Waals surface area contributed by atoms with Crippen LogP contribution in [0.5, 0.6) is 0 Å². The Balaban J connectivity index is 1.71. The van der Waals surface area contributed by atoms with Crippen molar-refractivity contribution in [1.29, 1.82) is 0 Å². The summed E-state index contributed by atoms with van der Waals surface area (Å²) in [7, 11) is -4.16. The summed E-state index contributed by atoms with van der Waals surface area (Å²) in [6.45, 7) is 3.07. The molecule has 0 amide bonds. The van der Waals surface area contributed by atoms with Gasteiger partial charge < -0.3 is 19.9 Å². The molecule has 13 nitrogen and oxygen atoms in total. The molecule has 2 aromatic heterocycles. The minimum Gasteiger partial charge on any atom is -0.369 e. The molecule has 0 saturated carbocycles. The number of anilines is 1. The SMILES string of the molecule is CC1(C)OC2[C@@H](O1)[C@@H](COS(N)(=O)=O)O[C@H]2n1cnc2c(=O)[nH]c(N)nc21. The lowest BCUT2D eigenvalue weighted by Gasteiger charge is -2.24. The molecule has 4 atom stereocenters. The van der Waals surface area contributed by atoms with Gasteiger partial charge in [-0.2, -0.15) is 13.4 Å². The Labute approximate surface area is 152 Å². The summed E-state index contributed by atoms with van der Waals surface area (Å²) in [5.41, 5.74) is 5.39. The Morgan fingerprint density at radius 3 is 2.78 bits per heavy atom. The summed E-state index contributed by atoms with van der Waals surface area (Å²) in [4.78, 5) is 22.5. The maximum Gasteiger partial charge on any atom is 0.333 e. The summed E-state index contributed by atoms with van der Waals surface area (Å²) >= 11 is 0. The maximum absolute atomic E-state index is 12.0. The molecule has 0 bridgehead atoms. The highest BCUT2D eigenvalue weighted by molar-refractivity contribution is 7.84. The number of fused-ring (bicyclic) bond motifs is 2. The van der Waals surface area contributed by atoms with Gasteiger partial charge in [0.2, 0.25) is 5.95 Å². The fraction of sp³-hybridized carbons (Fsp3) is 0.615. The van der Waals surface area contributed by atoms with Crippen LogP contribution in [0.3, 0.4) is 0 Å². The maximum atomic E-state index is 12.0. The third-order valence-electron chi connectivity index (χ3n) is 4.25. The van der Waals surface area contributed by atoms with Crippen LogP contribution in [0.1, 0.15) is 20.1 Å². The van der Waals surface area contributed by atoms with Gasteiger partial charge in [-0.15, -0.1) is 0 Å². The first kappa shape index (κ1) is 18.3. The first-order valence-corrected chi connectivity index (χ1v) is 9.42. The number of nitrogens with two attached hydrogens (primary N) is 2. The Kier molecular flexibility index (Phi) is 4.03. The van der Waals surface area contributed by atoms with Crippen molar-refractivity contribution in [2.24, 2.45) is 5.14 Å². The van der Waals surface area contributed by atoms with Crippen LogP contribution >= 0.6 is 0 Å². The second-order valence-electron chi connectivity index (χ2n) is 6.68. The van der Waals surface area contributed by atoms with Crippen molar-refractivity contribution in [3.05, 3.63) is 16.7 Å². The number of ether oxygens (including phenoxy) is 3. The molecule has 2 aliphatic rings. The number of aromatic amines is 1. The highest BCUT2D eigenvalue weighted by atomic mass is 32.2. The second-order valence-corrected chi connectivity index (χ2v) is 7.90. The smallest absolute Gasteiger partial charge is 0.333 e. The number of imidazole rings is 1. The predicted molar refractivity (Wildman–Crippen MR) is 89.4 cm³/mol. The fourth-order valence-electron chi connectivity index (χ4n) is 3.31. The van der Waals surface area contributed by atoms with E-state index < -0.39 is 46.2 Å². The number of nitrogens with zero attached hydrogens (tertiary/aromatic N) is 3. The summed E-state index contributed by atoms with van der Waals surface area (Å²) in [6.07, 6.45) is -1.50. The molecule has 2 aliphatic heterocycles. The van der Waals surface area contributed by atoms with Crippen molar-refractivity contribution in [2.45, 2.75) is 44.2 Å². The van der Waals surface area contributed by atoms with E-state index in [9.17, 15) is 13.2 Å². The Morgan fingerprint density at radius 1 is 1.37 bits per heavy atom. The molecule has 2 aromatic rings. The number of H-pyrrole nitrogens is 1. The zero-order valence-electron chi connectivity index (χ0n) is 14.4. The van der Waals surface area contributed by atoms with E-state index in [1.807, 2.05) is 0 Å². The molecule has 4 heterocycles. The lowest BCUT2D eigenvalue weighted by molar-refractivity contribution is -0.198. The summed E-state index contributed by atoms with van der Waals surface area (Å²) in [5, 5.41) is 4.89. The minimum absolute atomic E-state index is 0.0757. The molecule has 4 rings (SSSR count). The standard InChI is InChI=1S/C13H18N6O7S/c1-13(2)25-7-5(3-23-27(15,21)22)24-11(8(7)26-13)19-4-16-6-9(19)17-12(14)18-10(6)20/h4-5,7-8,11H,3H2,1-2H3,(H2,15,21,22)(H3,14,17,18,20)/t5-,7+,8?,11-/m1/s1. The molecule has 27 heavy (non-hydrogen) atoms. The van der Waals surface area contributed by atoms with Gasteiger partial charge in [0.25, 0.3) is 5.56 Å². The van der Waals surface area contributed by atoms with Crippen molar-refractivity contribution >= 4 is 27.4 Å². The highest BCUT2D eigenvalue weighted by Crippen LogP contribution is 2.43. The van der Waals surface area contributed by atoms with Crippen molar-refractivity contribution < 1.29 is 26.8 Å². The molecule has 0 aliphatic carbocycles. The van der Waals surface area contributed by atoms with E-state index >= 15 is 0 Å². The second kappa shape index (κ2) is 5.95. The normalized spacial score (nSPS) is 30.0. The number of nitrogens with one attached hydrogen (secondary N) is 1. The molecule has 0 radical (unpaired) electrons. The van der Waals surface area contributed by atoms with Gasteiger partial charge in [-0.25, -0.2) is 10.1 Å². The summed E-state index contributed by atoms with van der Waals surface area (Å²) < 4.78 is 46.0. The van der Waals surface area contributed by atoms with Crippen LogP contribution < -0.4 is 16.4 Å². The molecule has 14 heteroatoms. The van der Waals surface area contributed by atoms with Crippen LogP contribution in [-0.4, -0.2) is 58.6 Å². The molecule has 0 spiro atoms. The van der Waals surface area contributed by atoms with E-state index in [0.29, 0.717) is 0 Å². The van der Waals surface area contributed by atoms with E-state index in [1.54, 1.807) is 13.8 Å². The average molecular weight is 402 g/mol. The van der Waals surface area contributed by atoms with E-state index in [4.69, 9.17) is 25.1 Å². The number of nitrogen functional groups attached to an aromatic ring is 1. The Morgan fingerprint density at radius 2 is 2.07 bits per heavy atom. The zero-order valence-corrected chi connectivity index (χ0v) is 15.2. The average Bonchev–Trinajstić information content (AvgIpc) is 3.15. The van der Waals surface area contributed by atoms with E-state index in [2.05, 4.69) is 19.1 Å². The van der Waals surface area contributed by atoms with E-state index in [-0.39, 0.29) is 23.7 Å². The first-order chi connectivity index (χ1) is 12.5. The third-order valence-corrected chi connectivity index (χ3v) is 4.71. The van der Waals surface area contributed by atoms with Gasteiger partial charge in [-0.1, -0.05) is 0 Å². The number of hydrogen-bond acceptors (Lipinski definition) is 10. The summed E-state index contributed by atoms with van der Waals surface area (Å²) in [5.74, 6) is -1.01. The molecule has 5 N–H and O–H groups in total. The quantitative estimate of drug-likeness (QED) is 0.534. The molecule has 2 fully saturated rings. The lowest BCUT2D eigenvalue weighted by Crippen LogP contribution is -2.34. The van der Waals surface area contributed by atoms with Crippen molar-refractivity contribution in [3.8, 4) is 0 Å². The Hall–Kier alpha value is -2.10. The molecule has 2 saturated heterocycles. The molecular formula is C13H18N6O7S.